The van der Waals surface area contributed by atoms with E-state index in [2.05, 4.69) is 0 Å². The van der Waals surface area contributed by atoms with E-state index >= 15 is 0 Å². The fourth-order valence-electron chi connectivity index (χ4n) is 4.43. The lowest BCUT2D eigenvalue weighted by Gasteiger charge is -2.49. The van der Waals surface area contributed by atoms with Crippen LogP contribution < -0.4 is 0 Å². The molecule has 2 saturated heterocycles. The zero-order valence-electron chi connectivity index (χ0n) is 13.2. The van der Waals surface area contributed by atoms with Gasteiger partial charge >= 0.3 is 0 Å². The molecule has 4 heteroatoms. The molecule has 2 unspecified atom stereocenters. The molecular weight excluding hydrogens is 264 g/mol. The van der Waals surface area contributed by atoms with E-state index in [1.807, 2.05) is 16.7 Å². The Morgan fingerprint density at radius 3 is 2.24 bits per heavy atom. The van der Waals surface area contributed by atoms with E-state index in [-0.39, 0.29) is 23.9 Å². The van der Waals surface area contributed by atoms with Crippen molar-refractivity contribution in [1.82, 2.24) is 9.80 Å². The van der Waals surface area contributed by atoms with Gasteiger partial charge in [-0.05, 0) is 38.5 Å². The average Bonchev–Trinajstić information content (AvgIpc) is 2.79. The number of amides is 2. The van der Waals surface area contributed by atoms with E-state index < -0.39 is 0 Å². The van der Waals surface area contributed by atoms with Crippen LogP contribution in [0.15, 0.2) is 0 Å². The van der Waals surface area contributed by atoms with Crippen LogP contribution in [0.25, 0.3) is 0 Å². The molecule has 1 aliphatic carbocycles. The molecule has 2 aliphatic heterocycles. The van der Waals surface area contributed by atoms with Gasteiger partial charge in [0.2, 0.25) is 11.8 Å². The van der Waals surface area contributed by atoms with Gasteiger partial charge in [0.05, 0.1) is 0 Å². The lowest BCUT2D eigenvalue weighted by Crippen LogP contribution is -2.67. The van der Waals surface area contributed by atoms with Gasteiger partial charge in [-0.2, -0.15) is 0 Å². The SMILES string of the molecule is CCC1C(=O)N2CCCCC2C(=O)N1C1CCCCCC1. The summed E-state index contributed by atoms with van der Waals surface area (Å²) in [5.74, 6) is 0.457. The average molecular weight is 292 g/mol. The van der Waals surface area contributed by atoms with E-state index in [1.54, 1.807) is 0 Å². The highest BCUT2D eigenvalue weighted by atomic mass is 16.2. The van der Waals surface area contributed by atoms with Crippen LogP contribution in [0.5, 0.6) is 0 Å². The summed E-state index contributed by atoms with van der Waals surface area (Å²) in [4.78, 5) is 29.7. The Balaban J connectivity index is 1.85. The first-order chi connectivity index (χ1) is 10.2. The molecule has 2 amide bonds. The van der Waals surface area contributed by atoms with Gasteiger partial charge in [-0.15, -0.1) is 0 Å². The zero-order valence-corrected chi connectivity index (χ0v) is 13.2. The van der Waals surface area contributed by atoms with Crippen LogP contribution in [0, 0.1) is 0 Å². The molecule has 3 aliphatic rings. The van der Waals surface area contributed by atoms with E-state index in [1.165, 1.54) is 25.7 Å². The summed E-state index contributed by atoms with van der Waals surface area (Å²) in [6.45, 7) is 2.83. The van der Waals surface area contributed by atoms with Gasteiger partial charge < -0.3 is 9.80 Å². The molecule has 3 rings (SSSR count). The van der Waals surface area contributed by atoms with E-state index in [4.69, 9.17) is 0 Å². The van der Waals surface area contributed by atoms with E-state index in [9.17, 15) is 9.59 Å². The summed E-state index contributed by atoms with van der Waals surface area (Å²) in [6, 6.07) is -0.0507. The van der Waals surface area contributed by atoms with Crippen molar-refractivity contribution in [2.45, 2.75) is 89.3 Å². The Hall–Kier alpha value is -1.06. The van der Waals surface area contributed by atoms with Crippen LogP contribution in [-0.2, 0) is 9.59 Å². The number of hydrogen-bond acceptors (Lipinski definition) is 2. The first kappa shape index (κ1) is 14.9. The van der Waals surface area contributed by atoms with Gasteiger partial charge in [0.25, 0.3) is 0 Å². The molecule has 0 radical (unpaired) electrons. The third-order valence-electron chi connectivity index (χ3n) is 5.55. The number of hydrogen-bond donors (Lipinski definition) is 0. The Kier molecular flexibility index (Phi) is 4.51. The molecule has 2 heterocycles. The Labute approximate surface area is 127 Å². The highest BCUT2D eigenvalue weighted by molar-refractivity contribution is 5.97. The van der Waals surface area contributed by atoms with Gasteiger partial charge in [-0.1, -0.05) is 32.6 Å². The van der Waals surface area contributed by atoms with Crippen molar-refractivity contribution in [3.05, 3.63) is 0 Å². The highest BCUT2D eigenvalue weighted by Gasteiger charge is 2.47. The standard InChI is InChI=1S/C17H28N2O2/c1-2-14-16(20)18-12-8-7-11-15(18)17(21)19(14)13-9-5-3-4-6-10-13/h13-15H,2-12H2,1H3. The van der Waals surface area contributed by atoms with Crippen LogP contribution >= 0.6 is 0 Å². The molecular formula is C17H28N2O2. The zero-order chi connectivity index (χ0) is 14.8. The van der Waals surface area contributed by atoms with Crippen molar-refractivity contribution in [2.75, 3.05) is 6.54 Å². The summed E-state index contributed by atoms with van der Waals surface area (Å²) in [6.07, 6.45) is 10.9. The largest absolute Gasteiger partial charge is 0.329 e. The monoisotopic (exact) mass is 292 g/mol. The third kappa shape index (κ3) is 2.69. The summed E-state index contributed by atoms with van der Waals surface area (Å²) in [5.41, 5.74) is 0. The molecule has 0 aromatic heterocycles. The quantitative estimate of drug-likeness (QED) is 0.734. The third-order valence-corrected chi connectivity index (χ3v) is 5.55. The second-order valence-corrected chi connectivity index (χ2v) is 6.86. The lowest BCUT2D eigenvalue weighted by atomic mass is 9.91. The normalized spacial score (nSPS) is 32.0. The van der Waals surface area contributed by atoms with Crippen molar-refractivity contribution in [3.8, 4) is 0 Å². The number of piperidine rings is 1. The first-order valence-corrected chi connectivity index (χ1v) is 8.86. The fourth-order valence-corrected chi connectivity index (χ4v) is 4.43. The van der Waals surface area contributed by atoms with Crippen molar-refractivity contribution in [2.24, 2.45) is 0 Å². The Morgan fingerprint density at radius 1 is 0.905 bits per heavy atom. The van der Waals surface area contributed by atoms with E-state index in [0.717, 1.165) is 45.1 Å². The minimum absolute atomic E-state index is 0.155. The molecule has 0 aromatic rings. The van der Waals surface area contributed by atoms with Crippen molar-refractivity contribution in [3.63, 3.8) is 0 Å². The predicted octanol–water partition coefficient (Wildman–Crippen LogP) is 2.71. The molecule has 1 saturated carbocycles. The molecule has 0 spiro atoms. The molecule has 21 heavy (non-hydrogen) atoms. The van der Waals surface area contributed by atoms with Gasteiger partial charge in [0.15, 0.2) is 0 Å². The topological polar surface area (TPSA) is 40.6 Å². The number of nitrogens with zero attached hydrogens (tertiary/aromatic N) is 2. The number of carbonyl (C=O) groups excluding carboxylic acids is 2. The summed E-state index contributed by atoms with van der Waals surface area (Å²) >= 11 is 0. The molecule has 118 valence electrons. The fraction of sp³-hybridized carbons (Fsp3) is 0.882. The van der Waals surface area contributed by atoms with Gasteiger partial charge in [0.1, 0.15) is 12.1 Å². The van der Waals surface area contributed by atoms with Crippen LogP contribution in [0.3, 0.4) is 0 Å². The molecule has 2 atom stereocenters. The van der Waals surface area contributed by atoms with Gasteiger partial charge in [-0.3, -0.25) is 9.59 Å². The maximum Gasteiger partial charge on any atom is 0.246 e. The lowest BCUT2D eigenvalue weighted by molar-refractivity contribution is -0.167. The summed E-state index contributed by atoms with van der Waals surface area (Å²) in [5, 5.41) is 0. The van der Waals surface area contributed by atoms with Crippen molar-refractivity contribution < 1.29 is 9.59 Å². The number of fused-ring (bicyclic) bond motifs is 1. The van der Waals surface area contributed by atoms with Crippen molar-refractivity contribution >= 4 is 11.8 Å². The number of piperazine rings is 1. The second-order valence-electron chi connectivity index (χ2n) is 6.86. The van der Waals surface area contributed by atoms with Crippen LogP contribution in [0.1, 0.15) is 71.1 Å². The molecule has 0 bridgehead atoms. The van der Waals surface area contributed by atoms with E-state index in [0.29, 0.717) is 6.04 Å². The molecule has 4 nitrogen and oxygen atoms in total. The molecule has 0 aromatic carbocycles. The molecule has 3 fully saturated rings. The Bertz CT molecular complexity index is 402. The van der Waals surface area contributed by atoms with Gasteiger partial charge in [0, 0.05) is 12.6 Å². The maximum absolute atomic E-state index is 13.0. The smallest absolute Gasteiger partial charge is 0.246 e. The van der Waals surface area contributed by atoms with Crippen LogP contribution in [-0.4, -0.2) is 46.3 Å². The minimum atomic E-state index is -0.199. The maximum atomic E-state index is 13.0. The summed E-state index contributed by atoms with van der Waals surface area (Å²) < 4.78 is 0. The Morgan fingerprint density at radius 2 is 1.57 bits per heavy atom. The highest BCUT2D eigenvalue weighted by Crippen LogP contribution is 2.32. The van der Waals surface area contributed by atoms with Crippen molar-refractivity contribution in [1.29, 1.82) is 0 Å². The number of rotatable bonds is 2. The van der Waals surface area contributed by atoms with Crippen LogP contribution in [0.4, 0.5) is 0 Å². The predicted molar refractivity (Wildman–Crippen MR) is 81.8 cm³/mol. The summed E-state index contributed by atoms with van der Waals surface area (Å²) in [7, 11) is 0. The van der Waals surface area contributed by atoms with Crippen LogP contribution in [0.2, 0.25) is 0 Å². The second kappa shape index (κ2) is 6.37. The molecule has 0 N–H and O–H groups in total. The number of carbonyl (C=O) groups is 2. The van der Waals surface area contributed by atoms with Gasteiger partial charge in [-0.25, -0.2) is 0 Å². The first-order valence-electron chi connectivity index (χ1n) is 8.86. The minimum Gasteiger partial charge on any atom is -0.329 e.